The van der Waals surface area contributed by atoms with Crippen molar-refractivity contribution in [1.82, 2.24) is 10.2 Å². The molecule has 1 amide bonds. The molecule has 2 aromatic carbocycles. The molecule has 0 aliphatic carbocycles. The molecule has 0 aliphatic heterocycles. The van der Waals surface area contributed by atoms with Crippen molar-refractivity contribution >= 4 is 49.8 Å². The smallest absolute Gasteiger partial charge is 0.264 e. The largest absolute Gasteiger partial charge is 0.497 e. The van der Waals surface area contributed by atoms with Crippen LogP contribution in [-0.2, 0) is 14.8 Å². The van der Waals surface area contributed by atoms with Gasteiger partial charge in [-0.3, -0.25) is 14.4 Å². The fourth-order valence-corrected chi connectivity index (χ4v) is 5.62. The van der Waals surface area contributed by atoms with Crippen LogP contribution in [0.2, 0.25) is 0 Å². The van der Waals surface area contributed by atoms with Crippen molar-refractivity contribution in [3.63, 3.8) is 0 Å². The first kappa shape index (κ1) is 22.1. The number of ether oxygens (including phenoxy) is 1. The van der Waals surface area contributed by atoms with Crippen molar-refractivity contribution in [3.8, 4) is 5.75 Å². The van der Waals surface area contributed by atoms with Crippen LogP contribution in [0, 0.1) is 0 Å². The number of methoxy groups -OCH3 is 1. The van der Waals surface area contributed by atoms with Crippen LogP contribution in [0.4, 0.5) is 10.8 Å². The van der Waals surface area contributed by atoms with E-state index in [2.05, 4.69) is 15.5 Å². The van der Waals surface area contributed by atoms with E-state index >= 15 is 0 Å². The number of carbonyl (C=O) groups excluding carboxylic acids is 1. The molecule has 1 N–H and O–H groups in total. The first-order chi connectivity index (χ1) is 14.4. The van der Waals surface area contributed by atoms with Gasteiger partial charge in [0, 0.05) is 0 Å². The Balaban J connectivity index is 1.87. The summed E-state index contributed by atoms with van der Waals surface area (Å²) in [7, 11) is -2.45. The molecule has 0 aliphatic rings. The number of nitrogens with zero attached hydrogens (tertiary/aromatic N) is 3. The molecular weight excluding hydrogens is 444 g/mol. The van der Waals surface area contributed by atoms with Gasteiger partial charge in [0.15, 0.2) is 4.34 Å². The molecule has 0 fully saturated rings. The van der Waals surface area contributed by atoms with E-state index in [9.17, 15) is 13.2 Å². The molecule has 0 spiro atoms. The van der Waals surface area contributed by atoms with E-state index in [1.807, 2.05) is 6.92 Å². The quantitative estimate of drug-likeness (QED) is 0.382. The maximum Gasteiger partial charge on any atom is 0.264 e. The van der Waals surface area contributed by atoms with Crippen molar-refractivity contribution in [3.05, 3.63) is 54.6 Å². The molecule has 3 aromatic rings. The van der Waals surface area contributed by atoms with Crippen LogP contribution in [0.1, 0.15) is 6.92 Å². The number of aromatic nitrogens is 2. The second-order valence-electron chi connectivity index (χ2n) is 5.88. The lowest BCUT2D eigenvalue weighted by molar-refractivity contribution is -0.114. The van der Waals surface area contributed by atoms with Gasteiger partial charge in [-0.05, 0) is 42.2 Å². The van der Waals surface area contributed by atoms with Crippen LogP contribution in [-0.4, -0.2) is 43.9 Å². The summed E-state index contributed by atoms with van der Waals surface area (Å²) < 4.78 is 33.4. The molecule has 3 rings (SSSR count). The molecule has 1 aromatic heterocycles. The zero-order valence-corrected chi connectivity index (χ0v) is 18.8. The molecule has 0 radical (unpaired) electrons. The Hall–Kier alpha value is -2.63. The number of rotatable bonds is 9. The summed E-state index contributed by atoms with van der Waals surface area (Å²) in [6, 6.07) is 14.4. The summed E-state index contributed by atoms with van der Waals surface area (Å²) in [6.07, 6.45) is 0. The van der Waals surface area contributed by atoms with Crippen molar-refractivity contribution in [2.75, 3.05) is 29.0 Å². The van der Waals surface area contributed by atoms with Gasteiger partial charge in [0.05, 0.1) is 17.7 Å². The number of sulfonamides is 1. The van der Waals surface area contributed by atoms with Gasteiger partial charge < -0.3 is 4.74 Å². The molecule has 0 saturated carbocycles. The van der Waals surface area contributed by atoms with Crippen LogP contribution in [0.3, 0.4) is 0 Å². The third-order valence-corrected chi connectivity index (χ3v) is 7.54. The predicted octanol–water partition coefficient (Wildman–Crippen LogP) is 3.49. The summed E-state index contributed by atoms with van der Waals surface area (Å²) in [4.78, 5) is 12.7. The Morgan fingerprint density at radius 3 is 2.47 bits per heavy atom. The molecule has 0 atom stereocenters. The standard InChI is InChI=1S/C19H20N4O4S3/c1-3-28-19-22-21-18(29-19)20-17(24)13-23(14-9-11-15(27-2)12-10-14)30(25,26)16-7-5-4-6-8-16/h4-12H,3,13H2,1-2H3,(H,20,21,24). The molecule has 8 nitrogen and oxygen atoms in total. The molecule has 158 valence electrons. The topological polar surface area (TPSA) is 101 Å². The van der Waals surface area contributed by atoms with Crippen LogP contribution in [0.25, 0.3) is 0 Å². The fraction of sp³-hybridized carbons (Fsp3) is 0.211. The van der Waals surface area contributed by atoms with Crippen molar-refractivity contribution in [1.29, 1.82) is 0 Å². The van der Waals surface area contributed by atoms with E-state index in [4.69, 9.17) is 4.74 Å². The third-order valence-electron chi connectivity index (χ3n) is 3.90. The number of hydrogen-bond donors (Lipinski definition) is 1. The van der Waals surface area contributed by atoms with Crippen LogP contribution >= 0.6 is 23.1 Å². The van der Waals surface area contributed by atoms with Crippen LogP contribution in [0.15, 0.2) is 63.8 Å². The molecule has 30 heavy (non-hydrogen) atoms. The minimum Gasteiger partial charge on any atom is -0.497 e. The Morgan fingerprint density at radius 1 is 1.13 bits per heavy atom. The number of carbonyl (C=O) groups is 1. The van der Waals surface area contributed by atoms with Gasteiger partial charge in [-0.1, -0.05) is 48.2 Å². The van der Waals surface area contributed by atoms with E-state index in [-0.39, 0.29) is 4.90 Å². The Morgan fingerprint density at radius 2 is 1.83 bits per heavy atom. The van der Waals surface area contributed by atoms with E-state index in [1.165, 1.54) is 42.3 Å². The molecule has 1 heterocycles. The maximum atomic E-state index is 13.3. The lowest BCUT2D eigenvalue weighted by atomic mass is 10.3. The summed E-state index contributed by atoms with van der Waals surface area (Å²) in [6.45, 7) is 1.57. The second-order valence-corrected chi connectivity index (χ2v) is 10.2. The Bertz CT molecular complexity index is 1090. The van der Waals surface area contributed by atoms with Crippen molar-refractivity contribution in [2.45, 2.75) is 16.2 Å². The van der Waals surface area contributed by atoms with Gasteiger partial charge in [0.2, 0.25) is 11.0 Å². The monoisotopic (exact) mass is 464 g/mol. The summed E-state index contributed by atoms with van der Waals surface area (Å²) in [5.74, 6) is 0.896. The highest BCUT2D eigenvalue weighted by atomic mass is 32.2. The Labute approximate surface area is 183 Å². The Kier molecular flexibility index (Phi) is 7.29. The lowest BCUT2D eigenvalue weighted by Crippen LogP contribution is -2.38. The number of anilines is 2. The summed E-state index contributed by atoms with van der Waals surface area (Å²) in [5.41, 5.74) is 0.342. The first-order valence-corrected chi connectivity index (χ1v) is 12.2. The average Bonchev–Trinajstić information content (AvgIpc) is 3.19. The molecule has 11 heteroatoms. The lowest BCUT2D eigenvalue weighted by Gasteiger charge is -2.24. The van der Waals surface area contributed by atoms with Crippen molar-refractivity contribution < 1.29 is 17.9 Å². The molecule has 0 unspecified atom stereocenters. The number of benzene rings is 2. The van der Waals surface area contributed by atoms with Crippen LogP contribution < -0.4 is 14.4 Å². The minimum absolute atomic E-state index is 0.0890. The van der Waals surface area contributed by atoms with E-state index in [1.54, 1.807) is 42.5 Å². The summed E-state index contributed by atoms with van der Waals surface area (Å²) in [5, 5.41) is 10.9. The number of nitrogens with one attached hydrogen (secondary N) is 1. The van der Waals surface area contributed by atoms with Gasteiger partial charge in [-0.15, -0.1) is 10.2 Å². The number of hydrogen-bond acceptors (Lipinski definition) is 8. The third kappa shape index (κ3) is 5.29. The van der Waals surface area contributed by atoms with E-state index < -0.39 is 22.5 Å². The van der Waals surface area contributed by atoms with E-state index in [0.29, 0.717) is 16.6 Å². The zero-order chi connectivity index (χ0) is 21.6. The fourth-order valence-electron chi connectivity index (χ4n) is 2.51. The van der Waals surface area contributed by atoms with Crippen molar-refractivity contribution in [2.24, 2.45) is 0 Å². The minimum atomic E-state index is -3.97. The maximum absolute atomic E-state index is 13.3. The first-order valence-electron chi connectivity index (χ1n) is 8.92. The van der Waals surface area contributed by atoms with Crippen LogP contribution in [0.5, 0.6) is 5.75 Å². The van der Waals surface area contributed by atoms with Gasteiger partial charge in [-0.2, -0.15) is 0 Å². The highest BCUT2D eigenvalue weighted by Gasteiger charge is 2.27. The molecule has 0 saturated heterocycles. The number of amides is 1. The molecule has 0 bridgehead atoms. The number of thioether (sulfide) groups is 1. The molecular formula is C19H20N4O4S3. The summed E-state index contributed by atoms with van der Waals surface area (Å²) >= 11 is 2.76. The van der Waals surface area contributed by atoms with Gasteiger partial charge in [0.25, 0.3) is 10.0 Å². The van der Waals surface area contributed by atoms with Gasteiger partial charge >= 0.3 is 0 Å². The predicted molar refractivity (Wildman–Crippen MR) is 119 cm³/mol. The zero-order valence-electron chi connectivity index (χ0n) is 16.3. The second kappa shape index (κ2) is 9.92. The van der Waals surface area contributed by atoms with Gasteiger partial charge in [-0.25, -0.2) is 8.42 Å². The highest BCUT2D eigenvalue weighted by molar-refractivity contribution is 8.01. The van der Waals surface area contributed by atoms with E-state index in [0.717, 1.165) is 14.4 Å². The van der Waals surface area contributed by atoms with Gasteiger partial charge in [0.1, 0.15) is 12.3 Å². The SMILES string of the molecule is CCSc1nnc(NC(=O)CN(c2ccc(OC)cc2)S(=O)(=O)c2ccccc2)s1. The normalized spacial score (nSPS) is 11.1. The highest BCUT2D eigenvalue weighted by Crippen LogP contribution is 2.27. The average molecular weight is 465 g/mol.